The first-order valence-electron chi connectivity index (χ1n) is 3.51. The molecule has 3 nitrogen and oxygen atoms in total. The summed E-state index contributed by atoms with van der Waals surface area (Å²) in [7, 11) is 1.49. The molecule has 1 aromatic carbocycles. The number of hydrogen-bond donors (Lipinski definition) is 0. The van der Waals surface area contributed by atoms with Gasteiger partial charge in [-0.2, -0.15) is 0 Å². The summed E-state index contributed by atoms with van der Waals surface area (Å²) in [6, 6.07) is 4.87. The second-order valence-corrected chi connectivity index (χ2v) is 3.74. The summed E-state index contributed by atoms with van der Waals surface area (Å²) in [5.74, 6) is 0.456. The van der Waals surface area contributed by atoms with Gasteiger partial charge in [-0.3, -0.25) is 4.21 Å². The third kappa shape index (κ3) is 4.29. The van der Waals surface area contributed by atoms with E-state index in [0.29, 0.717) is 16.3 Å². The van der Waals surface area contributed by atoms with E-state index < -0.39 is 11.1 Å². The maximum Gasteiger partial charge on any atom is 1.00 e. The molecule has 1 atom stereocenters. The van der Waals surface area contributed by atoms with E-state index >= 15 is 0 Å². The Labute approximate surface area is 112 Å². The van der Waals surface area contributed by atoms with Crippen LogP contribution in [0.15, 0.2) is 18.2 Å². The Morgan fingerprint density at radius 3 is 2.71 bits per heavy atom. The molecule has 0 bridgehead atoms. The number of ether oxygens (including phenoxy) is 1. The van der Waals surface area contributed by atoms with Gasteiger partial charge in [0.25, 0.3) is 0 Å². The van der Waals surface area contributed by atoms with Crippen molar-refractivity contribution < 1.29 is 43.1 Å². The van der Waals surface area contributed by atoms with E-state index in [4.69, 9.17) is 16.3 Å². The Kier molecular flexibility index (Phi) is 7.03. The zero-order chi connectivity index (χ0) is 9.84. The Balaban J connectivity index is 0.00000169. The first-order valence-corrected chi connectivity index (χ1v) is 5.14. The van der Waals surface area contributed by atoms with Gasteiger partial charge in [0, 0.05) is 16.3 Å². The molecule has 0 saturated carbocycles. The van der Waals surface area contributed by atoms with Crippen LogP contribution in [-0.2, 0) is 16.8 Å². The van der Waals surface area contributed by atoms with Crippen LogP contribution in [0.3, 0.4) is 0 Å². The molecule has 0 N–H and O–H groups in total. The molecule has 6 heteroatoms. The molecular weight excluding hydrogens is 235 g/mol. The second-order valence-electron chi connectivity index (χ2n) is 2.40. The van der Waals surface area contributed by atoms with Gasteiger partial charge < -0.3 is 9.29 Å². The predicted octanol–water partition coefficient (Wildman–Crippen LogP) is -1.27. The van der Waals surface area contributed by atoms with Crippen molar-refractivity contribution in [1.82, 2.24) is 0 Å². The minimum Gasteiger partial charge on any atom is -0.772 e. The molecule has 0 spiro atoms. The molecule has 0 aliphatic carbocycles. The molecule has 0 aliphatic rings. The maximum absolute atomic E-state index is 10.4. The Morgan fingerprint density at radius 2 is 2.21 bits per heavy atom. The monoisotopic (exact) mass is 242 g/mol. The largest absolute Gasteiger partial charge is 1.00 e. The van der Waals surface area contributed by atoms with Crippen molar-refractivity contribution in [2.75, 3.05) is 7.11 Å². The normalized spacial score (nSPS) is 11.6. The standard InChI is InChI=1S/C8H9ClO3S.Na/c1-12-8-3-2-7(9)4-6(8)5-13(10)11;/h2-4H,5H2,1H3,(H,10,11);/q;+1/p-1. The number of benzene rings is 1. The van der Waals surface area contributed by atoms with E-state index in [1.807, 2.05) is 0 Å². The SMILES string of the molecule is COc1ccc(Cl)cc1CS(=O)[O-].[Na+]. The van der Waals surface area contributed by atoms with Crippen LogP contribution in [0.4, 0.5) is 0 Å². The van der Waals surface area contributed by atoms with Gasteiger partial charge in [0.15, 0.2) is 0 Å². The van der Waals surface area contributed by atoms with Crippen molar-refractivity contribution in [2.24, 2.45) is 0 Å². The van der Waals surface area contributed by atoms with Crippen LogP contribution >= 0.6 is 11.6 Å². The zero-order valence-corrected chi connectivity index (χ0v) is 11.5. The van der Waals surface area contributed by atoms with Crippen molar-refractivity contribution in [2.45, 2.75) is 5.75 Å². The summed E-state index contributed by atoms with van der Waals surface area (Å²) < 4.78 is 25.9. The topological polar surface area (TPSA) is 49.4 Å². The molecule has 0 amide bonds. The van der Waals surface area contributed by atoms with Gasteiger partial charge in [-0.05, 0) is 18.2 Å². The van der Waals surface area contributed by atoms with E-state index in [1.165, 1.54) is 7.11 Å². The van der Waals surface area contributed by atoms with Crippen LogP contribution in [0, 0.1) is 0 Å². The summed E-state index contributed by atoms with van der Waals surface area (Å²) in [4.78, 5) is 0. The van der Waals surface area contributed by atoms with Gasteiger partial charge in [0.1, 0.15) is 5.75 Å². The number of hydrogen-bond acceptors (Lipinski definition) is 3. The van der Waals surface area contributed by atoms with E-state index in [1.54, 1.807) is 18.2 Å². The molecule has 0 aromatic heterocycles. The molecule has 14 heavy (non-hydrogen) atoms. The van der Waals surface area contributed by atoms with Crippen molar-refractivity contribution in [3.8, 4) is 5.75 Å². The van der Waals surface area contributed by atoms with Crippen LogP contribution in [-0.4, -0.2) is 15.9 Å². The van der Waals surface area contributed by atoms with E-state index in [2.05, 4.69) is 0 Å². The van der Waals surface area contributed by atoms with Crippen LogP contribution in [0.2, 0.25) is 5.02 Å². The second kappa shape index (κ2) is 6.82. The molecule has 1 rings (SSSR count). The molecule has 0 fully saturated rings. The van der Waals surface area contributed by atoms with E-state index in [9.17, 15) is 8.76 Å². The summed E-state index contributed by atoms with van der Waals surface area (Å²) >= 11 is 3.58. The minimum absolute atomic E-state index is 0. The average Bonchev–Trinajstić information content (AvgIpc) is 2.03. The van der Waals surface area contributed by atoms with Crippen LogP contribution in [0.1, 0.15) is 5.56 Å². The van der Waals surface area contributed by atoms with Gasteiger partial charge in [-0.1, -0.05) is 22.7 Å². The molecule has 0 saturated heterocycles. The van der Waals surface area contributed by atoms with Crippen LogP contribution in [0.5, 0.6) is 5.75 Å². The van der Waals surface area contributed by atoms with Crippen LogP contribution in [0.25, 0.3) is 0 Å². The number of halogens is 1. The molecular formula is C8H8ClNaO3S. The first-order chi connectivity index (χ1) is 6.13. The fraction of sp³-hybridized carbons (Fsp3) is 0.250. The summed E-state index contributed by atoms with van der Waals surface area (Å²) in [6.07, 6.45) is 0. The Bertz CT molecular complexity index is 332. The Hall–Kier alpha value is 0.420. The average molecular weight is 243 g/mol. The zero-order valence-electron chi connectivity index (χ0n) is 7.95. The van der Waals surface area contributed by atoms with Gasteiger partial charge >= 0.3 is 29.6 Å². The van der Waals surface area contributed by atoms with Crippen LogP contribution < -0.4 is 34.3 Å². The fourth-order valence-electron chi connectivity index (χ4n) is 0.987. The van der Waals surface area contributed by atoms with Gasteiger partial charge in [0.2, 0.25) is 0 Å². The van der Waals surface area contributed by atoms with Gasteiger partial charge in [-0.15, -0.1) is 0 Å². The molecule has 1 unspecified atom stereocenters. The fourth-order valence-corrected chi connectivity index (χ4v) is 1.66. The molecule has 0 radical (unpaired) electrons. The van der Waals surface area contributed by atoms with Crippen molar-refractivity contribution >= 4 is 22.7 Å². The third-order valence-electron chi connectivity index (χ3n) is 1.52. The van der Waals surface area contributed by atoms with E-state index in [0.717, 1.165) is 0 Å². The van der Waals surface area contributed by atoms with Crippen molar-refractivity contribution in [1.29, 1.82) is 0 Å². The summed E-state index contributed by atoms with van der Waals surface area (Å²) in [5.41, 5.74) is 0.573. The van der Waals surface area contributed by atoms with Gasteiger partial charge in [-0.25, -0.2) is 0 Å². The quantitative estimate of drug-likeness (QED) is 0.491. The molecule has 0 heterocycles. The van der Waals surface area contributed by atoms with E-state index in [-0.39, 0.29) is 35.3 Å². The maximum atomic E-state index is 10.4. The van der Waals surface area contributed by atoms with Crippen molar-refractivity contribution in [3.63, 3.8) is 0 Å². The number of rotatable bonds is 3. The first kappa shape index (κ1) is 14.4. The summed E-state index contributed by atoms with van der Waals surface area (Å²) in [6.45, 7) is 0. The predicted molar refractivity (Wildman–Crippen MR) is 50.6 cm³/mol. The Morgan fingerprint density at radius 1 is 1.57 bits per heavy atom. The third-order valence-corrected chi connectivity index (χ3v) is 2.30. The van der Waals surface area contributed by atoms with Gasteiger partial charge in [0.05, 0.1) is 7.11 Å². The molecule has 0 aliphatic heterocycles. The summed E-state index contributed by atoms with van der Waals surface area (Å²) in [5, 5.41) is 0.501. The molecule has 1 aromatic rings. The van der Waals surface area contributed by atoms with Crippen molar-refractivity contribution in [3.05, 3.63) is 28.8 Å². The minimum atomic E-state index is -2.13. The number of methoxy groups -OCH3 is 1. The smallest absolute Gasteiger partial charge is 0.772 e. The molecule has 72 valence electrons.